The first-order valence-corrected chi connectivity index (χ1v) is 9.19. The molecule has 2 aliphatic rings. The Balaban J connectivity index is 1.50. The van der Waals surface area contributed by atoms with E-state index in [-0.39, 0.29) is 17.7 Å². The van der Waals surface area contributed by atoms with E-state index in [0.717, 1.165) is 12.8 Å². The molecular weight excluding hydrogens is 332 g/mol. The molecule has 1 saturated carbocycles. The fourth-order valence-corrected chi connectivity index (χ4v) is 3.59. The minimum atomic E-state index is -0.731. The van der Waals surface area contributed by atoms with Crippen molar-refractivity contribution in [2.24, 2.45) is 5.92 Å². The van der Waals surface area contributed by atoms with E-state index in [1.165, 1.54) is 24.6 Å². The quantitative estimate of drug-likeness (QED) is 0.589. The van der Waals surface area contributed by atoms with E-state index in [9.17, 15) is 14.7 Å². The standard InChI is InChI=1S/C19H26N4O3/c20-17-7-6-13(11-21-17)19(26)23-15-8-14(9-16(15)24)18(25)22-10-12-4-2-1-3-5-12/h4,6-7,11,14-16,24H,1-3,5,8-10H2,(H2,20,21)(H,22,25)(H,23,26)/t14-,15-,16-/m0/s1. The van der Waals surface area contributed by atoms with Crippen LogP contribution >= 0.6 is 0 Å². The van der Waals surface area contributed by atoms with Crippen LogP contribution in [0.1, 0.15) is 48.9 Å². The Morgan fingerprint density at radius 1 is 1.27 bits per heavy atom. The third-order valence-corrected chi connectivity index (χ3v) is 5.14. The Kier molecular flexibility index (Phi) is 5.88. The molecule has 7 nitrogen and oxygen atoms in total. The minimum absolute atomic E-state index is 0.0542. The molecule has 1 aromatic rings. The van der Waals surface area contributed by atoms with E-state index in [4.69, 9.17) is 5.73 Å². The number of nitrogens with zero attached hydrogens (tertiary/aromatic N) is 1. The highest BCUT2D eigenvalue weighted by Crippen LogP contribution is 2.27. The number of nitrogen functional groups attached to an aromatic ring is 1. The maximum Gasteiger partial charge on any atom is 0.253 e. The average Bonchev–Trinajstić information content (AvgIpc) is 3.01. The van der Waals surface area contributed by atoms with Crippen molar-refractivity contribution in [3.63, 3.8) is 0 Å². The number of nitrogens with two attached hydrogens (primary N) is 1. The molecule has 3 rings (SSSR count). The number of carbonyl (C=O) groups excluding carboxylic acids is 2. The summed E-state index contributed by atoms with van der Waals surface area (Å²) in [6.45, 7) is 0.583. The van der Waals surface area contributed by atoms with Gasteiger partial charge in [-0.2, -0.15) is 0 Å². The Bertz CT molecular complexity index is 687. The highest BCUT2D eigenvalue weighted by Gasteiger charge is 2.37. The molecule has 0 unspecified atom stereocenters. The number of nitrogens with one attached hydrogen (secondary N) is 2. The number of hydrogen-bond donors (Lipinski definition) is 4. The predicted molar refractivity (Wildman–Crippen MR) is 98.2 cm³/mol. The lowest BCUT2D eigenvalue weighted by Crippen LogP contribution is -2.40. The van der Waals surface area contributed by atoms with Gasteiger partial charge >= 0.3 is 0 Å². The van der Waals surface area contributed by atoms with Crippen LogP contribution in [0, 0.1) is 5.92 Å². The Morgan fingerprint density at radius 3 is 2.81 bits per heavy atom. The van der Waals surface area contributed by atoms with Gasteiger partial charge in [-0.25, -0.2) is 4.98 Å². The van der Waals surface area contributed by atoms with Crippen LogP contribution in [0.4, 0.5) is 5.82 Å². The largest absolute Gasteiger partial charge is 0.391 e. The molecule has 2 amide bonds. The van der Waals surface area contributed by atoms with Crippen LogP contribution < -0.4 is 16.4 Å². The zero-order valence-electron chi connectivity index (χ0n) is 14.8. The van der Waals surface area contributed by atoms with Crippen molar-refractivity contribution in [2.75, 3.05) is 12.3 Å². The van der Waals surface area contributed by atoms with Crippen LogP contribution in [0.15, 0.2) is 30.0 Å². The SMILES string of the molecule is Nc1ccc(C(=O)N[C@H]2C[C@H](C(=O)NCC3=CCCCC3)C[C@@H]2O)cn1. The molecule has 26 heavy (non-hydrogen) atoms. The summed E-state index contributed by atoms with van der Waals surface area (Å²) in [4.78, 5) is 28.5. The summed E-state index contributed by atoms with van der Waals surface area (Å²) in [5.74, 6) is -0.326. The molecule has 0 aromatic carbocycles. The third-order valence-electron chi connectivity index (χ3n) is 5.14. The van der Waals surface area contributed by atoms with Gasteiger partial charge < -0.3 is 21.5 Å². The highest BCUT2D eigenvalue weighted by atomic mass is 16.3. The van der Waals surface area contributed by atoms with Gasteiger partial charge in [0.1, 0.15) is 5.82 Å². The maximum atomic E-state index is 12.4. The van der Waals surface area contributed by atoms with Gasteiger partial charge in [-0.1, -0.05) is 11.6 Å². The van der Waals surface area contributed by atoms with E-state index in [2.05, 4.69) is 21.7 Å². The minimum Gasteiger partial charge on any atom is -0.391 e. The summed E-state index contributed by atoms with van der Waals surface area (Å²) in [6, 6.07) is 2.70. The lowest BCUT2D eigenvalue weighted by Gasteiger charge is -2.16. The topological polar surface area (TPSA) is 117 Å². The number of allylic oxidation sites excluding steroid dienone is 1. The molecule has 0 radical (unpaired) electrons. The van der Waals surface area contributed by atoms with Crippen molar-refractivity contribution in [2.45, 2.75) is 50.7 Å². The second kappa shape index (κ2) is 8.31. The fraction of sp³-hybridized carbons (Fsp3) is 0.526. The number of hydrogen-bond acceptors (Lipinski definition) is 5. The summed E-state index contributed by atoms with van der Waals surface area (Å²) < 4.78 is 0. The number of rotatable bonds is 5. The van der Waals surface area contributed by atoms with Crippen molar-refractivity contribution >= 4 is 17.6 Å². The van der Waals surface area contributed by atoms with Crippen LogP contribution in [-0.2, 0) is 4.79 Å². The highest BCUT2D eigenvalue weighted by molar-refractivity contribution is 5.94. The fourth-order valence-electron chi connectivity index (χ4n) is 3.59. The second-order valence-electron chi connectivity index (χ2n) is 7.11. The van der Waals surface area contributed by atoms with Gasteiger partial charge in [-0.3, -0.25) is 9.59 Å². The number of anilines is 1. The van der Waals surface area contributed by atoms with E-state index in [1.54, 1.807) is 12.1 Å². The number of pyridine rings is 1. The zero-order valence-corrected chi connectivity index (χ0v) is 14.8. The molecule has 1 fully saturated rings. The average molecular weight is 358 g/mol. The lowest BCUT2D eigenvalue weighted by atomic mass is 9.99. The molecule has 0 aliphatic heterocycles. The van der Waals surface area contributed by atoms with Gasteiger partial charge in [0.25, 0.3) is 5.91 Å². The van der Waals surface area contributed by atoms with Crippen LogP contribution in [0.25, 0.3) is 0 Å². The monoisotopic (exact) mass is 358 g/mol. The van der Waals surface area contributed by atoms with Crippen molar-refractivity contribution < 1.29 is 14.7 Å². The van der Waals surface area contributed by atoms with Crippen molar-refractivity contribution in [3.8, 4) is 0 Å². The maximum absolute atomic E-state index is 12.4. The molecule has 2 aliphatic carbocycles. The number of aliphatic hydroxyl groups is 1. The van der Waals surface area contributed by atoms with Gasteiger partial charge in [0.2, 0.25) is 5.91 Å². The van der Waals surface area contributed by atoms with Gasteiger partial charge in [-0.05, 0) is 50.7 Å². The molecular formula is C19H26N4O3. The number of carbonyl (C=O) groups is 2. The van der Waals surface area contributed by atoms with Crippen LogP contribution in [-0.4, -0.2) is 40.6 Å². The molecule has 0 spiro atoms. The van der Waals surface area contributed by atoms with Crippen LogP contribution in [0.2, 0.25) is 0 Å². The van der Waals surface area contributed by atoms with Gasteiger partial charge in [0.05, 0.1) is 17.7 Å². The molecule has 1 aromatic heterocycles. The molecule has 3 atom stereocenters. The Labute approximate surface area is 153 Å². The summed E-state index contributed by atoms with van der Waals surface area (Å²) in [5.41, 5.74) is 7.17. The van der Waals surface area contributed by atoms with Crippen LogP contribution in [0.3, 0.4) is 0 Å². The van der Waals surface area contributed by atoms with Crippen molar-refractivity contribution in [1.82, 2.24) is 15.6 Å². The molecule has 0 bridgehead atoms. The summed E-state index contributed by atoms with van der Waals surface area (Å²) in [6.07, 6.45) is 8.18. The third kappa shape index (κ3) is 4.60. The molecule has 0 saturated heterocycles. The second-order valence-corrected chi connectivity index (χ2v) is 7.11. The van der Waals surface area contributed by atoms with E-state index >= 15 is 0 Å². The molecule has 140 valence electrons. The van der Waals surface area contributed by atoms with Crippen molar-refractivity contribution in [1.29, 1.82) is 0 Å². The first-order chi connectivity index (χ1) is 12.5. The number of aromatic nitrogens is 1. The Morgan fingerprint density at radius 2 is 2.12 bits per heavy atom. The van der Waals surface area contributed by atoms with Gasteiger partial charge in [0, 0.05) is 18.7 Å². The van der Waals surface area contributed by atoms with E-state index < -0.39 is 12.1 Å². The molecule has 7 heteroatoms. The molecule has 5 N–H and O–H groups in total. The predicted octanol–water partition coefficient (Wildman–Crippen LogP) is 1.15. The van der Waals surface area contributed by atoms with E-state index in [1.807, 2.05) is 0 Å². The summed E-state index contributed by atoms with van der Waals surface area (Å²) in [7, 11) is 0. The van der Waals surface area contributed by atoms with E-state index in [0.29, 0.717) is 30.8 Å². The lowest BCUT2D eigenvalue weighted by molar-refractivity contribution is -0.124. The number of amides is 2. The normalized spacial score (nSPS) is 25.4. The first kappa shape index (κ1) is 18.4. The summed E-state index contributed by atoms with van der Waals surface area (Å²) >= 11 is 0. The molecule has 1 heterocycles. The van der Waals surface area contributed by atoms with Crippen LogP contribution in [0.5, 0.6) is 0 Å². The Hall–Kier alpha value is -2.41. The smallest absolute Gasteiger partial charge is 0.253 e. The number of aliphatic hydroxyl groups excluding tert-OH is 1. The first-order valence-electron chi connectivity index (χ1n) is 9.19. The van der Waals surface area contributed by atoms with Gasteiger partial charge in [0.15, 0.2) is 0 Å². The summed E-state index contributed by atoms with van der Waals surface area (Å²) in [5, 5.41) is 16.0. The van der Waals surface area contributed by atoms with Gasteiger partial charge in [-0.15, -0.1) is 0 Å². The zero-order chi connectivity index (χ0) is 18.5. The van der Waals surface area contributed by atoms with Crippen molar-refractivity contribution in [3.05, 3.63) is 35.5 Å².